The monoisotopic (exact) mass is 237 g/mol. The Balaban J connectivity index is 3.04. The van der Waals surface area contributed by atoms with Crippen LogP contribution in [-0.2, 0) is 27.8 Å². The molecule has 0 fully saturated rings. The number of aromatic nitrogens is 3. The van der Waals surface area contributed by atoms with Crippen molar-refractivity contribution in [2.24, 2.45) is 0 Å². The summed E-state index contributed by atoms with van der Waals surface area (Å²) in [5.74, 6) is -0.252. The summed E-state index contributed by atoms with van der Waals surface area (Å²) in [6.45, 7) is 4.53. The molecule has 0 saturated heterocycles. The minimum absolute atomic E-state index is 0.252. The molecule has 0 amide bonds. The fourth-order valence-electron chi connectivity index (χ4n) is 1.28. The van der Waals surface area contributed by atoms with Gasteiger partial charge in [0, 0.05) is 17.2 Å². The van der Waals surface area contributed by atoms with Gasteiger partial charge in [-0.3, -0.25) is 0 Å². The summed E-state index contributed by atoms with van der Waals surface area (Å²) < 4.78 is 23.4. The van der Waals surface area contributed by atoms with E-state index in [1.165, 1.54) is 0 Å². The largest absolute Gasteiger partial charge is 0.249 e. The molecule has 0 unspecified atom stereocenters. The summed E-state index contributed by atoms with van der Waals surface area (Å²) >= 11 is 0. The summed E-state index contributed by atoms with van der Waals surface area (Å²) in [4.78, 5) is 0. The first-order valence-electron chi connectivity index (χ1n) is 4.31. The van der Waals surface area contributed by atoms with Crippen molar-refractivity contribution in [1.29, 1.82) is 0 Å². The van der Waals surface area contributed by atoms with Crippen LogP contribution < -0.4 is 0 Å². The Morgan fingerprint density at radius 2 is 2.07 bits per heavy atom. The first kappa shape index (κ1) is 11.5. The van der Waals surface area contributed by atoms with Crippen molar-refractivity contribution in [2.75, 3.05) is 0 Å². The van der Waals surface area contributed by atoms with Crippen molar-refractivity contribution in [3.8, 4) is 0 Å². The molecule has 0 aromatic carbocycles. The number of halogens is 1. The Kier molecular flexibility index (Phi) is 3.49. The first-order valence-corrected chi connectivity index (χ1v) is 6.79. The zero-order valence-corrected chi connectivity index (χ0v) is 9.64. The van der Waals surface area contributed by atoms with Gasteiger partial charge in [-0.15, -0.1) is 5.10 Å². The number of hydrogen-bond donors (Lipinski definition) is 0. The van der Waals surface area contributed by atoms with Gasteiger partial charge >= 0.3 is 0 Å². The highest BCUT2D eigenvalue weighted by molar-refractivity contribution is 8.13. The molecule has 1 rings (SSSR count). The molecule has 7 heteroatoms. The summed E-state index contributed by atoms with van der Waals surface area (Å²) in [7, 11) is 1.60. The van der Waals surface area contributed by atoms with Gasteiger partial charge in [0.2, 0.25) is 9.05 Å². The lowest BCUT2D eigenvalue weighted by molar-refractivity contribution is 0.601. The molecule has 5 nitrogen and oxygen atoms in total. The van der Waals surface area contributed by atoms with Crippen LogP contribution >= 0.6 is 10.7 Å². The number of nitrogens with zero attached hydrogens (tertiary/aromatic N) is 3. The Hall–Kier alpha value is -0.620. The Labute approximate surface area is 87.5 Å². The van der Waals surface area contributed by atoms with Gasteiger partial charge < -0.3 is 0 Å². The van der Waals surface area contributed by atoms with E-state index in [4.69, 9.17) is 10.7 Å². The molecule has 0 aliphatic rings. The molecule has 0 radical (unpaired) electrons. The molecule has 80 valence electrons. The molecule has 1 aromatic heterocycles. The summed E-state index contributed by atoms with van der Waals surface area (Å²) in [5.41, 5.74) is 1.28. The summed E-state index contributed by atoms with van der Waals surface area (Å²) in [5, 5.41) is 7.63. The minimum atomic E-state index is -3.55. The van der Waals surface area contributed by atoms with Crippen LogP contribution in [0.3, 0.4) is 0 Å². The van der Waals surface area contributed by atoms with Gasteiger partial charge in [-0.05, 0) is 13.3 Å². The SMILES string of the molecule is CCc1c(CS(=O)(=O)Cl)nnn1CC. The van der Waals surface area contributed by atoms with Gasteiger partial charge in [0.15, 0.2) is 0 Å². The Bertz CT molecular complexity index is 413. The quantitative estimate of drug-likeness (QED) is 0.731. The summed E-state index contributed by atoms with van der Waals surface area (Å²) in [6.07, 6.45) is 0.697. The van der Waals surface area contributed by atoms with Crippen LogP contribution in [0, 0.1) is 0 Å². The van der Waals surface area contributed by atoms with Crippen molar-refractivity contribution >= 4 is 19.7 Å². The summed E-state index contributed by atoms with van der Waals surface area (Å²) in [6, 6.07) is 0. The molecule has 0 aliphatic heterocycles. The van der Waals surface area contributed by atoms with E-state index in [1.807, 2.05) is 13.8 Å². The molecule has 1 aromatic rings. The van der Waals surface area contributed by atoms with Gasteiger partial charge in [-0.25, -0.2) is 13.1 Å². The second-order valence-electron chi connectivity index (χ2n) is 2.84. The molecule has 0 spiro atoms. The molecule has 0 bridgehead atoms. The Morgan fingerprint density at radius 1 is 1.43 bits per heavy atom. The first-order chi connectivity index (χ1) is 6.48. The third-order valence-corrected chi connectivity index (χ3v) is 2.81. The average Bonchev–Trinajstić information content (AvgIpc) is 2.43. The lowest BCUT2D eigenvalue weighted by atomic mass is 10.3. The van der Waals surface area contributed by atoms with E-state index in [-0.39, 0.29) is 5.75 Å². The van der Waals surface area contributed by atoms with Crippen LogP contribution in [0.15, 0.2) is 0 Å². The van der Waals surface area contributed by atoms with Crippen molar-refractivity contribution in [3.63, 3.8) is 0 Å². The van der Waals surface area contributed by atoms with Gasteiger partial charge in [0.1, 0.15) is 11.4 Å². The number of rotatable bonds is 4. The van der Waals surface area contributed by atoms with Crippen LogP contribution in [0.2, 0.25) is 0 Å². The van der Waals surface area contributed by atoms with E-state index in [0.717, 1.165) is 5.69 Å². The third kappa shape index (κ3) is 2.68. The van der Waals surface area contributed by atoms with Gasteiger partial charge in [0.05, 0.1) is 5.69 Å². The fourth-order valence-corrected chi connectivity index (χ4v) is 2.15. The maximum Gasteiger partial charge on any atom is 0.238 e. The van der Waals surface area contributed by atoms with Gasteiger partial charge in [-0.2, -0.15) is 0 Å². The molecular formula is C7H12ClN3O2S. The normalized spacial score (nSPS) is 11.9. The average molecular weight is 238 g/mol. The van der Waals surface area contributed by atoms with E-state index in [0.29, 0.717) is 18.7 Å². The van der Waals surface area contributed by atoms with Crippen LogP contribution in [-0.4, -0.2) is 23.4 Å². The van der Waals surface area contributed by atoms with Crippen molar-refractivity contribution in [3.05, 3.63) is 11.4 Å². The van der Waals surface area contributed by atoms with Crippen LogP contribution in [0.4, 0.5) is 0 Å². The zero-order valence-electron chi connectivity index (χ0n) is 8.07. The molecule has 0 saturated carbocycles. The standard InChI is InChI=1S/C7H12ClN3O2S/c1-3-7-6(5-14(8,12)13)9-10-11(7)4-2/h3-5H2,1-2H3. The lowest BCUT2D eigenvalue weighted by Gasteiger charge is -2.01. The van der Waals surface area contributed by atoms with Crippen molar-refractivity contribution in [1.82, 2.24) is 15.0 Å². The predicted molar refractivity (Wildman–Crippen MR) is 53.6 cm³/mol. The van der Waals surface area contributed by atoms with Gasteiger partial charge in [-0.1, -0.05) is 12.1 Å². The topological polar surface area (TPSA) is 64.8 Å². The Morgan fingerprint density at radius 3 is 2.50 bits per heavy atom. The van der Waals surface area contributed by atoms with Crippen LogP contribution in [0.25, 0.3) is 0 Å². The van der Waals surface area contributed by atoms with E-state index < -0.39 is 9.05 Å². The molecule has 0 aliphatic carbocycles. The van der Waals surface area contributed by atoms with E-state index in [9.17, 15) is 8.42 Å². The maximum atomic E-state index is 10.9. The highest BCUT2D eigenvalue weighted by Gasteiger charge is 2.16. The fraction of sp³-hybridized carbons (Fsp3) is 0.714. The molecular weight excluding hydrogens is 226 g/mol. The molecule has 1 heterocycles. The number of hydrogen-bond acceptors (Lipinski definition) is 4. The molecule has 14 heavy (non-hydrogen) atoms. The molecule has 0 N–H and O–H groups in total. The van der Waals surface area contributed by atoms with Gasteiger partial charge in [0.25, 0.3) is 0 Å². The van der Waals surface area contributed by atoms with Crippen LogP contribution in [0.1, 0.15) is 25.2 Å². The van der Waals surface area contributed by atoms with E-state index >= 15 is 0 Å². The smallest absolute Gasteiger partial charge is 0.238 e. The second kappa shape index (κ2) is 4.27. The van der Waals surface area contributed by atoms with Crippen molar-refractivity contribution in [2.45, 2.75) is 32.6 Å². The van der Waals surface area contributed by atoms with Crippen LogP contribution in [0.5, 0.6) is 0 Å². The second-order valence-corrected chi connectivity index (χ2v) is 5.61. The van der Waals surface area contributed by atoms with E-state index in [2.05, 4.69) is 10.3 Å². The highest BCUT2D eigenvalue weighted by Crippen LogP contribution is 2.12. The third-order valence-electron chi connectivity index (χ3n) is 1.86. The number of aryl methyl sites for hydroxylation is 1. The minimum Gasteiger partial charge on any atom is -0.249 e. The highest BCUT2D eigenvalue weighted by atomic mass is 35.7. The zero-order chi connectivity index (χ0) is 10.8. The molecule has 0 atom stereocenters. The van der Waals surface area contributed by atoms with Crippen molar-refractivity contribution < 1.29 is 8.42 Å². The lowest BCUT2D eigenvalue weighted by Crippen LogP contribution is -2.04. The van der Waals surface area contributed by atoms with E-state index in [1.54, 1.807) is 4.68 Å². The predicted octanol–water partition coefficient (Wildman–Crippen LogP) is 0.929. The maximum absolute atomic E-state index is 10.9.